The predicted octanol–water partition coefficient (Wildman–Crippen LogP) is 1.02. The molecule has 4 nitrogen and oxygen atoms in total. The van der Waals surface area contributed by atoms with Gasteiger partial charge in [0.25, 0.3) is 0 Å². The molecule has 0 aromatic heterocycles. The van der Waals surface area contributed by atoms with Gasteiger partial charge >= 0.3 is 12.1 Å². The largest absolute Gasteiger partial charge is 0.465 e. The molecule has 0 amide bonds. The number of likely N-dealkylation sites (N-methyl/N-ethyl adjacent to an activating group) is 2. The fourth-order valence-electron chi connectivity index (χ4n) is 1.44. The highest BCUT2D eigenvalue weighted by atomic mass is 19.4. The number of alkyl halides is 3. The standard InChI is InChI=1S/C10H19F3N2O2/c1-5-17-8(16)9(2,14-3)6-15(4)7-10(11,12)13/h14H,5-7H2,1-4H3. The minimum atomic E-state index is -4.28. The van der Waals surface area contributed by atoms with Crippen molar-refractivity contribution in [2.75, 3.05) is 33.8 Å². The monoisotopic (exact) mass is 256 g/mol. The van der Waals surface area contributed by atoms with E-state index < -0.39 is 24.2 Å². The fourth-order valence-corrected chi connectivity index (χ4v) is 1.44. The van der Waals surface area contributed by atoms with Crippen molar-refractivity contribution in [3.63, 3.8) is 0 Å². The van der Waals surface area contributed by atoms with Crippen molar-refractivity contribution in [1.29, 1.82) is 0 Å². The van der Waals surface area contributed by atoms with E-state index in [1.807, 2.05) is 0 Å². The Morgan fingerprint density at radius 2 is 1.88 bits per heavy atom. The predicted molar refractivity (Wildman–Crippen MR) is 57.6 cm³/mol. The minimum absolute atomic E-state index is 0.0815. The van der Waals surface area contributed by atoms with Crippen molar-refractivity contribution in [3.8, 4) is 0 Å². The lowest BCUT2D eigenvalue weighted by atomic mass is 10.0. The van der Waals surface area contributed by atoms with Gasteiger partial charge in [0, 0.05) is 6.54 Å². The molecule has 0 saturated heterocycles. The second kappa shape index (κ2) is 6.20. The normalized spacial score (nSPS) is 15.8. The van der Waals surface area contributed by atoms with Crippen LogP contribution in [0.2, 0.25) is 0 Å². The lowest BCUT2D eigenvalue weighted by Crippen LogP contribution is -2.56. The molecule has 0 radical (unpaired) electrons. The van der Waals surface area contributed by atoms with E-state index in [1.165, 1.54) is 21.0 Å². The van der Waals surface area contributed by atoms with E-state index >= 15 is 0 Å². The zero-order chi connectivity index (χ0) is 13.7. The van der Waals surface area contributed by atoms with Crippen LogP contribution in [0.15, 0.2) is 0 Å². The van der Waals surface area contributed by atoms with Gasteiger partial charge in [-0.2, -0.15) is 13.2 Å². The number of hydrogen-bond donors (Lipinski definition) is 1. The molecular weight excluding hydrogens is 237 g/mol. The first-order valence-corrected chi connectivity index (χ1v) is 5.26. The van der Waals surface area contributed by atoms with Crippen LogP contribution in [0.1, 0.15) is 13.8 Å². The van der Waals surface area contributed by atoms with Crippen molar-refractivity contribution in [2.45, 2.75) is 25.6 Å². The van der Waals surface area contributed by atoms with Crippen molar-refractivity contribution < 1.29 is 22.7 Å². The fraction of sp³-hybridized carbons (Fsp3) is 0.900. The second-order valence-corrected chi connectivity index (χ2v) is 4.09. The summed E-state index contributed by atoms with van der Waals surface area (Å²) < 4.78 is 41.3. The zero-order valence-electron chi connectivity index (χ0n) is 10.5. The Hall–Kier alpha value is -0.820. The Labute approximate surface area is 99.1 Å². The first kappa shape index (κ1) is 16.2. The highest BCUT2D eigenvalue weighted by Crippen LogP contribution is 2.17. The maximum Gasteiger partial charge on any atom is 0.401 e. The number of nitrogens with one attached hydrogen (secondary N) is 1. The number of carbonyl (C=O) groups is 1. The summed E-state index contributed by atoms with van der Waals surface area (Å²) in [7, 11) is 2.82. The zero-order valence-corrected chi connectivity index (χ0v) is 10.5. The molecule has 0 aromatic rings. The van der Waals surface area contributed by atoms with Crippen LogP contribution in [0, 0.1) is 0 Å². The summed E-state index contributed by atoms with van der Waals surface area (Å²) in [6.45, 7) is 2.20. The number of ether oxygens (including phenoxy) is 1. The van der Waals surface area contributed by atoms with Crippen molar-refractivity contribution in [2.24, 2.45) is 0 Å². The van der Waals surface area contributed by atoms with E-state index in [2.05, 4.69) is 5.32 Å². The van der Waals surface area contributed by atoms with Crippen molar-refractivity contribution in [3.05, 3.63) is 0 Å². The maximum atomic E-state index is 12.2. The van der Waals surface area contributed by atoms with Crippen LogP contribution in [-0.4, -0.2) is 56.4 Å². The molecule has 1 N–H and O–H groups in total. The van der Waals surface area contributed by atoms with Gasteiger partial charge in [-0.25, -0.2) is 0 Å². The molecule has 0 saturated carbocycles. The van der Waals surface area contributed by atoms with Crippen LogP contribution in [0.25, 0.3) is 0 Å². The summed E-state index contributed by atoms with van der Waals surface area (Å²) in [5.41, 5.74) is -1.14. The Morgan fingerprint density at radius 3 is 2.24 bits per heavy atom. The van der Waals surface area contributed by atoms with Gasteiger partial charge in [-0.15, -0.1) is 0 Å². The molecule has 0 spiro atoms. The van der Waals surface area contributed by atoms with Gasteiger partial charge in [-0.3, -0.25) is 9.69 Å². The third-order valence-electron chi connectivity index (χ3n) is 2.31. The van der Waals surface area contributed by atoms with Crippen LogP contribution in [0.5, 0.6) is 0 Å². The van der Waals surface area contributed by atoms with Gasteiger partial charge in [-0.1, -0.05) is 0 Å². The summed E-state index contributed by atoms with van der Waals surface area (Å²) in [6, 6.07) is 0. The smallest absolute Gasteiger partial charge is 0.401 e. The molecule has 1 atom stereocenters. The van der Waals surface area contributed by atoms with Crippen LogP contribution >= 0.6 is 0 Å². The number of hydrogen-bond acceptors (Lipinski definition) is 4. The Morgan fingerprint density at radius 1 is 1.35 bits per heavy atom. The summed E-state index contributed by atoms with van der Waals surface area (Å²) in [5.74, 6) is -0.559. The van der Waals surface area contributed by atoms with E-state index in [0.717, 1.165) is 4.90 Å². The second-order valence-electron chi connectivity index (χ2n) is 4.09. The van der Waals surface area contributed by atoms with Crippen molar-refractivity contribution >= 4 is 5.97 Å². The van der Waals surface area contributed by atoms with E-state index in [4.69, 9.17) is 4.74 Å². The highest BCUT2D eigenvalue weighted by Gasteiger charge is 2.37. The number of carbonyl (C=O) groups excluding carboxylic acids is 1. The van der Waals surface area contributed by atoms with Crippen LogP contribution in [-0.2, 0) is 9.53 Å². The van der Waals surface area contributed by atoms with Gasteiger partial charge in [0.05, 0.1) is 13.2 Å². The molecular formula is C10H19F3N2O2. The Balaban J connectivity index is 4.52. The van der Waals surface area contributed by atoms with E-state index in [1.54, 1.807) is 6.92 Å². The van der Waals surface area contributed by atoms with Crippen LogP contribution in [0.4, 0.5) is 13.2 Å². The van der Waals surface area contributed by atoms with E-state index in [9.17, 15) is 18.0 Å². The third kappa shape index (κ3) is 5.88. The lowest BCUT2D eigenvalue weighted by molar-refractivity contribution is -0.157. The lowest BCUT2D eigenvalue weighted by Gasteiger charge is -2.31. The molecule has 102 valence electrons. The Kier molecular flexibility index (Phi) is 5.91. The molecule has 1 unspecified atom stereocenters. The number of halogens is 3. The van der Waals surface area contributed by atoms with Crippen LogP contribution in [0.3, 0.4) is 0 Å². The van der Waals surface area contributed by atoms with Gasteiger partial charge in [0.2, 0.25) is 0 Å². The van der Waals surface area contributed by atoms with Gasteiger partial charge < -0.3 is 10.1 Å². The molecule has 0 bridgehead atoms. The van der Waals surface area contributed by atoms with Gasteiger partial charge in [-0.05, 0) is 27.9 Å². The molecule has 17 heavy (non-hydrogen) atoms. The van der Waals surface area contributed by atoms with Crippen LogP contribution < -0.4 is 5.32 Å². The molecule has 0 aliphatic heterocycles. The van der Waals surface area contributed by atoms with E-state index in [-0.39, 0.29) is 13.2 Å². The Bertz CT molecular complexity index is 258. The summed E-state index contributed by atoms with van der Waals surface area (Å²) in [6.07, 6.45) is -4.28. The first-order chi connectivity index (χ1) is 7.64. The maximum absolute atomic E-state index is 12.2. The molecule has 0 rings (SSSR count). The quantitative estimate of drug-likeness (QED) is 0.720. The number of rotatable bonds is 6. The SMILES string of the molecule is CCOC(=O)C(C)(CN(C)CC(F)(F)F)NC. The number of esters is 1. The molecule has 0 aliphatic rings. The average Bonchev–Trinajstić information content (AvgIpc) is 2.14. The molecule has 0 fully saturated rings. The molecule has 0 aromatic carbocycles. The summed E-state index contributed by atoms with van der Waals surface area (Å²) in [4.78, 5) is 12.6. The average molecular weight is 256 g/mol. The van der Waals surface area contributed by atoms with Gasteiger partial charge in [0.1, 0.15) is 5.54 Å². The summed E-state index contributed by atoms with van der Waals surface area (Å²) >= 11 is 0. The first-order valence-electron chi connectivity index (χ1n) is 5.26. The van der Waals surface area contributed by atoms with E-state index in [0.29, 0.717) is 0 Å². The minimum Gasteiger partial charge on any atom is -0.465 e. The van der Waals surface area contributed by atoms with Crippen molar-refractivity contribution in [1.82, 2.24) is 10.2 Å². The highest BCUT2D eigenvalue weighted by molar-refractivity contribution is 5.80. The molecule has 7 heteroatoms. The topological polar surface area (TPSA) is 41.6 Å². The van der Waals surface area contributed by atoms with Gasteiger partial charge in [0.15, 0.2) is 0 Å². The molecule has 0 aliphatic carbocycles. The third-order valence-corrected chi connectivity index (χ3v) is 2.31. The summed E-state index contributed by atoms with van der Waals surface area (Å²) in [5, 5.41) is 2.70. The molecule has 0 heterocycles. The number of nitrogens with zero attached hydrogens (tertiary/aromatic N) is 1.